The molecule has 1 atom stereocenters. The van der Waals surface area contributed by atoms with Crippen LogP contribution in [0, 0.1) is 5.41 Å². The van der Waals surface area contributed by atoms with E-state index in [9.17, 15) is 9.59 Å². The van der Waals surface area contributed by atoms with E-state index in [1.165, 1.54) is 21.9 Å². The number of rotatable bonds is 8. The molecule has 0 radical (unpaired) electrons. The van der Waals surface area contributed by atoms with E-state index in [2.05, 4.69) is 76.9 Å². The predicted octanol–water partition coefficient (Wildman–Crippen LogP) is 3.90. The number of nitrogens with zero attached hydrogens (tertiary/aromatic N) is 2. The summed E-state index contributed by atoms with van der Waals surface area (Å²) in [5.41, 5.74) is 7.66. The molecule has 194 valence electrons. The second-order valence-electron chi connectivity index (χ2n) is 10.5. The molecule has 0 saturated carbocycles. The Morgan fingerprint density at radius 1 is 0.946 bits per heavy atom. The maximum absolute atomic E-state index is 14.1. The number of nitrogens with two attached hydrogens (primary N) is 1. The number of benzene rings is 3. The van der Waals surface area contributed by atoms with Gasteiger partial charge in [0.15, 0.2) is 0 Å². The molecule has 2 saturated heterocycles. The Hall–Kier alpha value is -3.22. The highest BCUT2D eigenvalue weighted by Crippen LogP contribution is 2.50. The fourth-order valence-electron chi connectivity index (χ4n) is 6.35. The van der Waals surface area contributed by atoms with Gasteiger partial charge in [-0.3, -0.25) is 14.5 Å². The van der Waals surface area contributed by atoms with E-state index in [0.717, 1.165) is 45.3 Å². The molecule has 1 unspecified atom stereocenters. The SMILES string of the molecule is NCCCNC(=O)CN1CCC(c2ccccc2)C2(CCN(Cc3cccc4ccccc34)CC2)C1=O. The van der Waals surface area contributed by atoms with Crippen molar-refractivity contribution < 1.29 is 9.59 Å². The molecule has 6 heteroatoms. The summed E-state index contributed by atoms with van der Waals surface area (Å²) in [4.78, 5) is 31.0. The third-order valence-electron chi connectivity index (χ3n) is 8.33. The number of piperidine rings is 2. The molecule has 6 nitrogen and oxygen atoms in total. The number of carbonyl (C=O) groups is 2. The van der Waals surface area contributed by atoms with Gasteiger partial charge in [0.2, 0.25) is 11.8 Å². The molecule has 2 fully saturated rings. The highest BCUT2D eigenvalue weighted by Gasteiger charge is 2.52. The fraction of sp³-hybridized carbons (Fsp3) is 0.419. The molecular formula is C31H38N4O2. The highest BCUT2D eigenvalue weighted by molar-refractivity contribution is 5.89. The lowest BCUT2D eigenvalue weighted by Gasteiger charge is -2.51. The Bertz CT molecular complexity index is 1210. The minimum atomic E-state index is -0.466. The molecule has 2 aliphatic heterocycles. The van der Waals surface area contributed by atoms with Crippen molar-refractivity contribution in [3.8, 4) is 0 Å². The summed E-state index contributed by atoms with van der Waals surface area (Å²) in [5.74, 6) is 0.229. The van der Waals surface area contributed by atoms with Crippen molar-refractivity contribution in [1.82, 2.24) is 15.1 Å². The standard InChI is InChI=1S/C31H38N4O2/c32-17-7-18-33-29(36)23-35-19-14-28(25-9-2-1-3-10-25)31(30(35)37)15-20-34(21-16-31)22-26-12-6-11-24-8-4-5-13-27(24)26/h1-6,8-13,28H,7,14-23,32H2,(H,33,36). The molecule has 3 aromatic carbocycles. The van der Waals surface area contributed by atoms with Crippen LogP contribution in [0.2, 0.25) is 0 Å². The van der Waals surface area contributed by atoms with Crippen LogP contribution >= 0.6 is 0 Å². The van der Waals surface area contributed by atoms with Crippen LogP contribution in [0.1, 0.15) is 42.7 Å². The summed E-state index contributed by atoms with van der Waals surface area (Å²) >= 11 is 0. The number of likely N-dealkylation sites (tertiary alicyclic amines) is 2. The van der Waals surface area contributed by atoms with Crippen molar-refractivity contribution in [3.05, 3.63) is 83.9 Å². The minimum Gasteiger partial charge on any atom is -0.355 e. The fourth-order valence-corrected chi connectivity index (χ4v) is 6.35. The zero-order valence-corrected chi connectivity index (χ0v) is 21.6. The van der Waals surface area contributed by atoms with E-state index >= 15 is 0 Å². The third kappa shape index (κ3) is 5.41. The van der Waals surface area contributed by atoms with E-state index in [1.807, 2.05) is 6.07 Å². The Kier molecular flexibility index (Phi) is 7.87. The monoisotopic (exact) mass is 498 g/mol. The lowest BCUT2D eigenvalue weighted by Crippen LogP contribution is -2.58. The van der Waals surface area contributed by atoms with E-state index in [-0.39, 0.29) is 24.3 Å². The molecule has 2 heterocycles. The van der Waals surface area contributed by atoms with Crippen LogP contribution in [0.15, 0.2) is 72.8 Å². The number of carbonyl (C=O) groups excluding carboxylic acids is 2. The number of amides is 2. The summed E-state index contributed by atoms with van der Waals surface area (Å²) in [5, 5.41) is 5.48. The Morgan fingerprint density at radius 2 is 1.68 bits per heavy atom. The van der Waals surface area contributed by atoms with E-state index in [0.29, 0.717) is 19.6 Å². The predicted molar refractivity (Wildman–Crippen MR) is 148 cm³/mol. The first kappa shape index (κ1) is 25.4. The van der Waals surface area contributed by atoms with Gasteiger partial charge in [0.1, 0.15) is 0 Å². The van der Waals surface area contributed by atoms with Gasteiger partial charge in [0, 0.05) is 25.6 Å². The van der Waals surface area contributed by atoms with Crippen molar-refractivity contribution in [2.24, 2.45) is 11.1 Å². The maximum Gasteiger partial charge on any atom is 0.239 e. The van der Waals surface area contributed by atoms with Gasteiger partial charge < -0.3 is 16.0 Å². The summed E-state index contributed by atoms with van der Waals surface area (Å²) in [7, 11) is 0. The third-order valence-corrected chi connectivity index (χ3v) is 8.33. The van der Waals surface area contributed by atoms with Crippen LogP contribution in [-0.2, 0) is 16.1 Å². The Balaban J connectivity index is 1.33. The highest BCUT2D eigenvalue weighted by atomic mass is 16.2. The Labute approximate surface area is 219 Å². The van der Waals surface area contributed by atoms with Crippen LogP contribution in [0.5, 0.6) is 0 Å². The summed E-state index contributed by atoms with van der Waals surface area (Å²) < 4.78 is 0. The molecule has 0 aliphatic carbocycles. The number of hydrogen-bond acceptors (Lipinski definition) is 4. The largest absolute Gasteiger partial charge is 0.355 e. The average Bonchev–Trinajstić information content (AvgIpc) is 2.93. The van der Waals surface area contributed by atoms with Gasteiger partial charge in [-0.05, 0) is 67.2 Å². The van der Waals surface area contributed by atoms with Gasteiger partial charge in [-0.25, -0.2) is 0 Å². The first-order valence-electron chi connectivity index (χ1n) is 13.6. The van der Waals surface area contributed by atoms with Crippen LogP contribution < -0.4 is 11.1 Å². The lowest BCUT2D eigenvalue weighted by molar-refractivity contribution is -0.154. The molecule has 2 amide bonds. The molecular weight excluding hydrogens is 460 g/mol. The smallest absolute Gasteiger partial charge is 0.239 e. The van der Waals surface area contributed by atoms with Gasteiger partial charge in [-0.2, -0.15) is 0 Å². The average molecular weight is 499 g/mol. The van der Waals surface area contributed by atoms with E-state index < -0.39 is 5.41 Å². The zero-order valence-electron chi connectivity index (χ0n) is 21.6. The second kappa shape index (κ2) is 11.4. The minimum absolute atomic E-state index is 0.0940. The van der Waals surface area contributed by atoms with Gasteiger partial charge in [-0.1, -0.05) is 72.8 Å². The lowest BCUT2D eigenvalue weighted by atomic mass is 9.62. The van der Waals surface area contributed by atoms with Crippen molar-refractivity contribution in [2.75, 3.05) is 39.3 Å². The molecule has 2 aliphatic rings. The molecule has 37 heavy (non-hydrogen) atoms. The molecule has 0 aromatic heterocycles. The van der Waals surface area contributed by atoms with Crippen molar-refractivity contribution >= 4 is 22.6 Å². The maximum atomic E-state index is 14.1. The van der Waals surface area contributed by atoms with Gasteiger partial charge >= 0.3 is 0 Å². The summed E-state index contributed by atoms with van der Waals surface area (Å²) in [6, 6.07) is 25.6. The van der Waals surface area contributed by atoms with Crippen LogP contribution in [0.3, 0.4) is 0 Å². The van der Waals surface area contributed by atoms with Gasteiger partial charge in [0.05, 0.1) is 12.0 Å². The van der Waals surface area contributed by atoms with Crippen LogP contribution in [0.25, 0.3) is 10.8 Å². The molecule has 3 aromatic rings. The summed E-state index contributed by atoms with van der Waals surface area (Å²) in [6.07, 6.45) is 3.24. The first-order chi connectivity index (χ1) is 18.1. The van der Waals surface area contributed by atoms with Crippen LogP contribution in [-0.4, -0.2) is 60.9 Å². The van der Waals surface area contributed by atoms with Crippen molar-refractivity contribution in [2.45, 2.75) is 38.1 Å². The van der Waals surface area contributed by atoms with Gasteiger partial charge in [-0.15, -0.1) is 0 Å². The Morgan fingerprint density at radius 3 is 2.46 bits per heavy atom. The first-order valence-corrected chi connectivity index (χ1v) is 13.6. The number of nitrogens with one attached hydrogen (secondary N) is 1. The molecule has 5 rings (SSSR count). The molecule has 3 N–H and O–H groups in total. The molecule has 1 spiro atoms. The van der Waals surface area contributed by atoms with E-state index in [1.54, 1.807) is 4.90 Å². The quantitative estimate of drug-likeness (QED) is 0.462. The van der Waals surface area contributed by atoms with Crippen molar-refractivity contribution in [3.63, 3.8) is 0 Å². The topological polar surface area (TPSA) is 78.7 Å². The van der Waals surface area contributed by atoms with Crippen molar-refractivity contribution in [1.29, 1.82) is 0 Å². The molecule has 0 bridgehead atoms. The van der Waals surface area contributed by atoms with Crippen LogP contribution in [0.4, 0.5) is 0 Å². The second-order valence-corrected chi connectivity index (χ2v) is 10.5. The summed E-state index contributed by atoms with van der Waals surface area (Å²) in [6.45, 7) is 4.47. The van der Waals surface area contributed by atoms with E-state index in [4.69, 9.17) is 5.73 Å². The number of fused-ring (bicyclic) bond motifs is 1. The number of hydrogen-bond donors (Lipinski definition) is 2. The normalized spacial score (nSPS) is 19.9. The van der Waals surface area contributed by atoms with Gasteiger partial charge in [0.25, 0.3) is 0 Å². The zero-order chi connectivity index (χ0) is 25.7.